The molecule has 0 aliphatic carbocycles. The largest absolute Gasteiger partial charge is 0.312 e. The van der Waals surface area contributed by atoms with Crippen LogP contribution in [0.4, 0.5) is 11.4 Å². The lowest BCUT2D eigenvalue weighted by Gasteiger charge is -2.31. The van der Waals surface area contributed by atoms with Crippen LogP contribution >= 0.6 is 0 Å². The molecule has 0 radical (unpaired) electrons. The molecule has 0 bridgehead atoms. The molecule has 0 fully saturated rings. The minimum atomic E-state index is -3.69. The molecule has 0 saturated carbocycles. The summed E-state index contributed by atoms with van der Waals surface area (Å²) in [5.41, 5.74) is 4.32. The van der Waals surface area contributed by atoms with Gasteiger partial charge < -0.3 is 4.90 Å². The van der Waals surface area contributed by atoms with Crippen molar-refractivity contribution in [3.63, 3.8) is 0 Å². The van der Waals surface area contributed by atoms with Crippen LogP contribution in [0, 0.1) is 19.8 Å². The van der Waals surface area contributed by atoms with E-state index in [4.69, 9.17) is 0 Å². The Labute approximate surface area is 161 Å². The number of benzene rings is 2. The average Bonchev–Trinajstić information content (AvgIpc) is 2.62. The van der Waals surface area contributed by atoms with E-state index >= 15 is 0 Å². The molecule has 1 N–H and O–H groups in total. The van der Waals surface area contributed by atoms with Crippen molar-refractivity contribution >= 4 is 27.3 Å². The van der Waals surface area contributed by atoms with Crippen LogP contribution in [0.25, 0.3) is 0 Å². The highest BCUT2D eigenvalue weighted by Crippen LogP contribution is 2.32. The smallest absolute Gasteiger partial charge is 0.261 e. The van der Waals surface area contributed by atoms with Crippen molar-refractivity contribution in [2.75, 3.05) is 16.2 Å². The average molecular weight is 387 g/mol. The van der Waals surface area contributed by atoms with Gasteiger partial charge in [0.05, 0.1) is 10.6 Å². The zero-order chi connectivity index (χ0) is 19.8. The summed E-state index contributed by atoms with van der Waals surface area (Å²) in [5.74, 6) is -0.0445. The fraction of sp³-hybridized carbons (Fsp3) is 0.381. The summed E-state index contributed by atoms with van der Waals surface area (Å²) in [6.07, 6.45) is 1.81. The number of carbonyl (C=O) groups excluding carboxylic acids is 1. The fourth-order valence-corrected chi connectivity index (χ4v) is 4.41. The van der Waals surface area contributed by atoms with Crippen LogP contribution in [-0.2, 0) is 21.2 Å². The van der Waals surface area contributed by atoms with Crippen LogP contribution < -0.4 is 9.62 Å². The van der Waals surface area contributed by atoms with E-state index in [1.54, 1.807) is 35.2 Å². The van der Waals surface area contributed by atoms with E-state index in [2.05, 4.69) is 4.72 Å². The van der Waals surface area contributed by atoms with Gasteiger partial charge in [0, 0.05) is 18.2 Å². The number of hydrogen-bond acceptors (Lipinski definition) is 3. The number of hydrogen-bond donors (Lipinski definition) is 1. The molecule has 27 heavy (non-hydrogen) atoms. The lowest BCUT2D eigenvalue weighted by Crippen LogP contribution is -2.38. The molecule has 3 rings (SSSR count). The molecule has 144 valence electrons. The van der Waals surface area contributed by atoms with Gasteiger partial charge in [-0.25, -0.2) is 8.42 Å². The Morgan fingerprint density at radius 1 is 1.07 bits per heavy atom. The van der Waals surface area contributed by atoms with E-state index in [1.807, 2.05) is 33.8 Å². The molecule has 0 unspecified atom stereocenters. The number of rotatable bonds is 4. The minimum Gasteiger partial charge on any atom is -0.312 e. The summed E-state index contributed by atoms with van der Waals surface area (Å²) >= 11 is 0. The Morgan fingerprint density at radius 3 is 2.48 bits per heavy atom. The standard InChI is InChI=1S/C21H26N2O3S/c1-14(2)21(24)23-11-5-6-17-8-9-18(13-20(17)23)22-27(25,26)19-10-7-15(3)16(4)12-19/h7-10,12-14,22H,5-6,11H2,1-4H3. The summed E-state index contributed by atoms with van der Waals surface area (Å²) in [6.45, 7) is 8.26. The number of sulfonamides is 1. The molecule has 6 heteroatoms. The monoisotopic (exact) mass is 386 g/mol. The second-order valence-corrected chi connectivity index (χ2v) is 9.13. The van der Waals surface area contributed by atoms with Gasteiger partial charge in [-0.05, 0) is 67.6 Å². The molecule has 0 aromatic heterocycles. The van der Waals surface area contributed by atoms with Gasteiger partial charge in [0.1, 0.15) is 0 Å². The summed E-state index contributed by atoms with van der Waals surface area (Å²) in [7, 11) is -3.69. The van der Waals surface area contributed by atoms with E-state index in [1.165, 1.54) is 0 Å². The first kappa shape index (κ1) is 19.4. The number of carbonyl (C=O) groups is 1. The van der Waals surface area contributed by atoms with Crippen LogP contribution in [0.2, 0.25) is 0 Å². The predicted octanol–water partition coefficient (Wildman–Crippen LogP) is 4.04. The maximum Gasteiger partial charge on any atom is 0.261 e. The Bertz CT molecular complexity index is 981. The van der Waals surface area contributed by atoms with Gasteiger partial charge in [-0.3, -0.25) is 9.52 Å². The first-order chi connectivity index (χ1) is 12.7. The molecule has 0 saturated heterocycles. The van der Waals surface area contributed by atoms with Gasteiger partial charge in [0.25, 0.3) is 10.0 Å². The third kappa shape index (κ3) is 4.00. The number of fused-ring (bicyclic) bond motifs is 1. The molecule has 2 aromatic carbocycles. The molecule has 1 aliphatic rings. The van der Waals surface area contributed by atoms with E-state index in [0.717, 1.165) is 35.2 Å². The summed E-state index contributed by atoms with van der Waals surface area (Å²) in [4.78, 5) is 14.5. The molecule has 1 amide bonds. The highest BCUT2D eigenvalue weighted by atomic mass is 32.2. The first-order valence-corrected chi connectivity index (χ1v) is 10.7. The van der Waals surface area contributed by atoms with Gasteiger partial charge in [0.15, 0.2) is 0 Å². The van der Waals surface area contributed by atoms with Crippen molar-refractivity contribution < 1.29 is 13.2 Å². The number of anilines is 2. The van der Waals surface area contributed by atoms with Gasteiger partial charge in [0.2, 0.25) is 5.91 Å². The quantitative estimate of drug-likeness (QED) is 0.862. The van der Waals surface area contributed by atoms with Crippen molar-refractivity contribution in [2.24, 2.45) is 5.92 Å². The lowest BCUT2D eigenvalue weighted by molar-refractivity contribution is -0.121. The summed E-state index contributed by atoms with van der Waals surface area (Å²) in [6, 6.07) is 10.5. The Balaban J connectivity index is 1.93. The van der Waals surface area contributed by atoms with Gasteiger partial charge in [-0.2, -0.15) is 0 Å². The van der Waals surface area contributed by atoms with Crippen LogP contribution in [-0.4, -0.2) is 20.9 Å². The maximum atomic E-state index is 12.8. The molecule has 1 aliphatic heterocycles. The predicted molar refractivity (Wildman–Crippen MR) is 109 cm³/mol. The highest BCUT2D eigenvalue weighted by molar-refractivity contribution is 7.92. The van der Waals surface area contributed by atoms with Gasteiger partial charge >= 0.3 is 0 Å². The van der Waals surface area contributed by atoms with Crippen molar-refractivity contribution in [2.45, 2.75) is 45.4 Å². The zero-order valence-electron chi connectivity index (χ0n) is 16.2. The molecule has 2 aromatic rings. The fourth-order valence-electron chi connectivity index (χ4n) is 3.27. The van der Waals surface area contributed by atoms with Gasteiger partial charge in [-0.15, -0.1) is 0 Å². The van der Waals surface area contributed by atoms with Crippen LogP contribution in [0.15, 0.2) is 41.3 Å². The topological polar surface area (TPSA) is 66.5 Å². The number of amides is 1. The summed E-state index contributed by atoms with van der Waals surface area (Å²) < 4.78 is 28.2. The van der Waals surface area contributed by atoms with Gasteiger partial charge in [-0.1, -0.05) is 26.0 Å². The zero-order valence-corrected chi connectivity index (χ0v) is 17.1. The third-order valence-electron chi connectivity index (χ3n) is 5.00. The highest BCUT2D eigenvalue weighted by Gasteiger charge is 2.25. The van der Waals surface area contributed by atoms with Crippen molar-refractivity contribution in [1.82, 2.24) is 0 Å². The van der Waals surface area contributed by atoms with Crippen molar-refractivity contribution in [1.29, 1.82) is 0 Å². The Hall–Kier alpha value is -2.34. The second-order valence-electron chi connectivity index (χ2n) is 7.44. The number of aryl methyl sites for hydroxylation is 3. The molecule has 1 heterocycles. The Morgan fingerprint density at radius 2 is 1.81 bits per heavy atom. The first-order valence-electron chi connectivity index (χ1n) is 9.23. The molecule has 5 nitrogen and oxygen atoms in total. The molecular formula is C21H26N2O3S. The maximum absolute atomic E-state index is 12.8. The number of nitrogens with one attached hydrogen (secondary N) is 1. The third-order valence-corrected chi connectivity index (χ3v) is 6.38. The molecule has 0 spiro atoms. The van der Waals surface area contributed by atoms with Crippen LogP contribution in [0.3, 0.4) is 0 Å². The number of nitrogens with zero attached hydrogens (tertiary/aromatic N) is 1. The normalized spacial score (nSPS) is 14.2. The Kier molecular flexibility index (Phi) is 5.29. The van der Waals surface area contributed by atoms with E-state index < -0.39 is 10.0 Å². The molecular weight excluding hydrogens is 360 g/mol. The SMILES string of the molecule is Cc1ccc(S(=O)(=O)Nc2ccc3c(c2)N(C(=O)C(C)C)CCC3)cc1C. The van der Waals surface area contributed by atoms with Crippen molar-refractivity contribution in [3.05, 3.63) is 53.1 Å². The second kappa shape index (κ2) is 7.35. The van der Waals surface area contributed by atoms with Crippen LogP contribution in [0.1, 0.15) is 37.0 Å². The van der Waals surface area contributed by atoms with Crippen molar-refractivity contribution in [3.8, 4) is 0 Å². The van der Waals surface area contributed by atoms with E-state index in [0.29, 0.717) is 12.2 Å². The molecule has 0 atom stereocenters. The lowest BCUT2D eigenvalue weighted by atomic mass is 9.99. The summed E-state index contributed by atoms with van der Waals surface area (Å²) in [5, 5.41) is 0. The van der Waals surface area contributed by atoms with E-state index in [-0.39, 0.29) is 16.7 Å². The van der Waals surface area contributed by atoms with Crippen LogP contribution in [0.5, 0.6) is 0 Å². The minimum absolute atomic E-state index is 0.0603. The van der Waals surface area contributed by atoms with E-state index in [9.17, 15) is 13.2 Å².